The number of amides is 1. The summed E-state index contributed by atoms with van der Waals surface area (Å²) in [5, 5.41) is 1.54. The molecule has 3 rings (SSSR count). The molecular weight excluding hydrogens is 434 g/mol. The van der Waals surface area contributed by atoms with E-state index in [4.69, 9.17) is 13.7 Å². The van der Waals surface area contributed by atoms with E-state index in [9.17, 15) is 4.79 Å². The third kappa shape index (κ3) is 4.87. The quantitative estimate of drug-likeness (QED) is 0.409. The Morgan fingerprint density at radius 3 is 2.31 bits per heavy atom. The highest BCUT2D eigenvalue weighted by atomic mass is 28.4. The Bertz CT molecular complexity index is 872. The lowest BCUT2D eigenvalue weighted by molar-refractivity contribution is -0.298. The summed E-state index contributed by atoms with van der Waals surface area (Å²) in [6.07, 6.45) is 3.21. The molecule has 0 radical (unpaired) electrons. The minimum Gasteiger partial charge on any atom is -0.411 e. The lowest BCUT2D eigenvalue weighted by atomic mass is 9.61. The zero-order chi connectivity index (χ0) is 23.9. The summed E-state index contributed by atoms with van der Waals surface area (Å²) in [6.45, 7) is 22.0. The topological polar surface area (TPSA) is 48.0 Å². The SMILES string of the molecule is C=C1C=CC2(C(O[SiH](C)C)C(=O)N2OCc2ccccc2)C(O[Si](C)(C)C)C1C(C)(C)C. The number of benzene rings is 1. The average Bonchev–Trinajstić information content (AvgIpc) is 2.66. The van der Waals surface area contributed by atoms with Crippen molar-refractivity contribution in [2.45, 2.75) is 77.9 Å². The van der Waals surface area contributed by atoms with Gasteiger partial charge in [-0.15, -0.1) is 0 Å². The van der Waals surface area contributed by atoms with Crippen LogP contribution in [0.15, 0.2) is 54.6 Å². The van der Waals surface area contributed by atoms with Crippen LogP contribution in [0.3, 0.4) is 0 Å². The molecule has 1 aromatic rings. The van der Waals surface area contributed by atoms with Crippen LogP contribution in [-0.2, 0) is 25.1 Å². The van der Waals surface area contributed by atoms with Crippen molar-refractivity contribution in [3.05, 3.63) is 60.2 Å². The van der Waals surface area contributed by atoms with Crippen molar-refractivity contribution in [2.75, 3.05) is 0 Å². The van der Waals surface area contributed by atoms with E-state index in [-0.39, 0.29) is 23.3 Å². The van der Waals surface area contributed by atoms with E-state index in [1.165, 1.54) is 5.06 Å². The second-order valence-corrected chi connectivity index (χ2v) is 18.1. The number of rotatable bonds is 7. The Hall–Kier alpha value is -1.52. The molecule has 1 saturated heterocycles. The Labute approximate surface area is 196 Å². The number of allylic oxidation sites excluding steroid dienone is 1. The zero-order valence-electron chi connectivity index (χ0n) is 20.8. The van der Waals surface area contributed by atoms with Gasteiger partial charge in [-0.3, -0.25) is 9.63 Å². The Morgan fingerprint density at radius 2 is 1.78 bits per heavy atom. The van der Waals surface area contributed by atoms with Crippen LogP contribution < -0.4 is 0 Å². The highest BCUT2D eigenvalue weighted by Gasteiger charge is 2.69. The number of hydrogen-bond acceptors (Lipinski definition) is 4. The Kier molecular flexibility index (Phi) is 7.08. The minimum absolute atomic E-state index is 0.0232. The molecule has 1 heterocycles. The highest BCUT2D eigenvalue weighted by molar-refractivity contribution is 6.69. The van der Waals surface area contributed by atoms with Gasteiger partial charge in [0.15, 0.2) is 23.5 Å². The molecule has 5 nitrogen and oxygen atoms in total. The molecule has 176 valence electrons. The van der Waals surface area contributed by atoms with E-state index in [1.54, 1.807) is 0 Å². The molecule has 1 fully saturated rings. The van der Waals surface area contributed by atoms with E-state index in [1.807, 2.05) is 36.4 Å². The molecule has 4 unspecified atom stereocenters. The summed E-state index contributed by atoms with van der Waals surface area (Å²) in [5.74, 6) is -0.105. The smallest absolute Gasteiger partial charge is 0.278 e. The number of hydroxylamine groups is 2. The molecular formula is C25H39NO4Si2. The number of carbonyl (C=O) groups excluding carboxylic acids is 1. The van der Waals surface area contributed by atoms with Gasteiger partial charge >= 0.3 is 0 Å². The van der Waals surface area contributed by atoms with Crippen molar-refractivity contribution >= 4 is 23.3 Å². The van der Waals surface area contributed by atoms with Gasteiger partial charge < -0.3 is 8.85 Å². The van der Waals surface area contributed by atoms with Gasteiger partial charge in [-0.05, 0) is 49.3 Å². The van der Waals surface area contributed by atoms with Crippen LogP contribution >= 0.6 is 0 Å². The molecule has 32 heavy (non-hydrogen) atoms. The van der Waals surface area contributed by atoms with Crippen molar-refractivity contribution < 1.29 is 18.5 Å². The van der Waals surface area contributed by atoms with Crippen molar-refractivity contribution in [1.82, 2.24) is 5.06 Å². The second-order valence-electron chi connectivity index (χ2n) is 11.2. The first kappa shape index (κ1) is 25.1. The molecule has 4 atom stereocenters. The van der Waals surface area contributed by atoms with E-state index in [0.29, 0.717) is 6.61 Å². The summed E-state index contributed by atoms with van der Waals surface area (Å²) in [7, 11) is -3.49. The molecule has 1 aliphatic carbocycles. The summed E-state index contributed by atoms with van der Waals surface area (Å²) in [4.78, 5) is 19.5. The van der Waals surface area contributed by atoms with Crippen LogP contribution in [0.4, 0.5) is 0 Å². The fourth-order valence-corrected chi connectivity index (χ4v) is 6.70. The summed E-state index contributed by atoms with van der Waals surface area (Å²) < 4.78 is 13.2. The standard InChI is InChI=1S/C25H39NO4Si2/c1-18-15-16-25(21(30-32(7,8)9)20(18)24(2,3)4)22(29-31(5)6)23(27)26(25)28-17-19-13-11-10-12-14-19/h10-16,20-22,31H,1,17H2,2-9H3. The maximum Gasteiger partial charge on any atom is 0.278 e. The van der Waals surface area contributed by atoms with Crippen molar-refractivity contribution in [3.8, 4) is 0 Å². The molecule has 2 aliphatic rings. The minimum atomic E-state index is -1.99. The van der Waals surface area contributed by atoms with E-state index in [2.05, 4.69) is 66.2 Å². The molecule has 1 spiro atoms. The van der Waals surface area contributed by atoms with Gasteiger partial charge in [0.2, 0.25) is 0 Å². The second kappa shape index (κ2) is 9.02. The largest absolute Gasteiger partial charge is 0.411 e. The Morgan fingerprint density at radius 1 is 1.16 bits per heavy atom. The average molecular weight is 474 g/mol. The van der Waals surface area contributed by atoms with Crippen LogP contribution in [0.5, 0.6) is 0 Å². The highest BCUT2D eigenvalue weighted by Crippen LogP contribution is 2.52. The number of nitrogens with zero attached hydrogens (tertiary/aromatic N) is 1. The third-order valence-electron chi connectivity index (χ3n) is 5.94. The van der Waals surface area contributed by atoms with Crippen LogP contribution in [0.25, 0.3) is 0 Å². The fraction of sp³-hybridized carbons (Fsp3) is 0.560. The molecule has 0 N–H and O–H groups in total. The van der Waals surface area contributed by atoms with Gasteiger partial charge in [0.1, 0.15) is 12.1 Å². The van der Waals surface area contributed by atoms with Gasteiger partial charge in [0.05, 0.1) is 6.10 Å². The van der Waals surface area contributed by atoms with E-state index < -0.39 is 29.0 Å². The van der Waals surface area contributed by atoms with Crippen LogP contribution in [0, 0.1) is 11.3 Å². The fourth-order valence-electron chi connectivity index (χ4n) is 4.74. The van der Waals surface area contributed by atoms with Crippen LogP contribution in [0.1, 0.15) is 26.3 Å². The number of hydrogen-bond donors (Lipinski definition) is 0. The van der Waals surface area contributed by atoms with Gasteiger partial charge in [0.25, 0.3) is 5.91 Å². The normalized spacial score (nSPS) is 28.5. The zero-order valence-corrected chi connectivity index (χ0v) is 23.0. The number of β-lactam (4-membered cyclic amide) rings is 1. The molecule has 7 heteroatoms. The molecule has 1 aliphatic heterocycles. The predicted octanol–water partition coefficient (Wildman–Crippen LogP) is 5.08. The summed E-state index contributed by atoms with van der Waals surface area (Å²) in [6, 6.07) is 9.91. The molecule has 0 bridgehead atoms. The van der Waals surface area contributed by atoms with E-state index >= 15 is 0 Å². The maximum atomic E-state index is 13.3. The first-order valence-electron chi connectivity index (χ1n) is 11.5. The van der Waals surface area contributed by atoms with Gasteiger partial charge in [0, 0.05) is 5.92 Å². The lowest BCUT2D eigenvalue weighted by Gasteiger charge is -2.62. The first-order valence-corrected chi connectivity index (χ1v) is 17.7. The monoisotopic (exact) mass is 473 g/mol. The van der Waals surface area contributed by atoms with Crippen molar-refractivity contribution in [2.24, 2.45) is 11.3 Å². The number of carbonyl (C=O) groups is 1. The van der Waals surface area contributed by atoms with Crippen LogP contribution in [-0.4, -0.2) is 46.1 Å². The Balaban J connectivity index is 2.07. The summed E-state index contributed by atoms with van der Waals surface area (Å²) >= 11 is 0. The van der Waals surface area contributed by atoms with Gasteiger partial charge in [-0.2, -0.15) is 0 Å². The predicted molar refractivity (Wildman–Crippen MR) is 134 cm³/mol. The van der Waals surface area contributed by atoms with Crippen molar-refractivity contribution in [3.63, 3.8) is 0 Å². The molecule has 1 aromatic carbocycles. The molecule has 1 amide bonds. The van der Waals surface area contributed by atoms with Gasteiger partial charge in [-0.1, -0.05) is 69.8 Å². The maximum absolute atomic E-state index is 13.3. The van der Waals surface area contributed by atoms with Crippen LogP contribution in [0.2, 0.25) is 32.7 Å². The lowest BCUT2D eigenvalue weighted by Crippen LogP contribution is -2.81. The van der Waals surface area contributed by atoms with E-state index in [0.717, 1.165) is 11.1 Å². The van der Waals surface area contributed by atoms with Gasteiger partial charge in [-0.25, -0.2) is 5.06 Å². The molecule has 0 saturated carbocycles. The molecule has 0 aromatic heterocycles. The first-order chi connectivity index (χ1) is 14.8. The van der Waals surface area contributed by atoms with Crippen molar-refractivity contribution in [1.29, 1.82) is 0 Å². The third-order valence-corrected chi connectivity index (χ3v) is 7.72. The summed E-state index contributed by atoms with van der Waals surface area (Å²) in [5.41, 5.74) is 1.12.